The predicted octanol–water partition coefficient (Wildman–Crippen LogP) is 4.55. The maximum Gasteiger partial charge on any atom is 0.316 e. The van der Waals surface area contributed by atoms with E-state index in [9.17, 15) is 15.2 Å². The Morgan fingerprint density at radius 3 is 2.32 bits per heavy atom. The smallest absolute Gasteiger partial charge is 0.316 e. The van der Waals surface area contributed by atoms with Gasteiger partial charge in [0.1, 0.15) is 11.9 Å². The highest BCUT2D eigenvalue weighted by molar-refractivity contribution is 5.93. The number of hydrogen-bond donors (Lipinski definition) is 2. The van der Waals surface area contributed by atoms with E-state index in [-0.39, 0.29) is 30.3 Å². The second-order valence-corrected chi connectivity index (χ2v) is 11.2. The quantitative estimate of drug-likeness (QED) is 0.593. The molecule has 1 spiro atoms. The average molecular weight is 505 g/mol. The Morgan fingerprint density at radius 1 is 1.00 bits per heavy atom. The summed E-state index contributed by atoms with van der Waals surface area (Å²) in [6.45, 7) is 3.93. The van der Waals surface area contributed by atoms with E-state index in [4.69, 9.17) is 9.47 Å². The second-order valence-electron chi connectivity index (χ2n) is 11.2. The minimum atomic E-state index is -0.169. The molecular weight excluding hydrogens is 468 g/mol. The van der Waals surface area contributed by atoms with Crippen molar-refractivity contribution in [2.45, 2.75) is 102 Å². The number of hydrogen-bond acceptors (Lipinski definition) is 7. The summed E-state index contributed by atoms with van der Waals surface area (Å²) in [4.78, 5) is 21.3. The topological polar surface area (TPSA) is 117 Å². The van der Waals surface area contributed by atoms with Crippen molar-refractivity contribution >= 4 is 5.91 Å². The molecule has 2 aromatic rings. The van der Waals surface area contributed by atoms with Gasteiger partial charge in [-0.05, 0) is 107 Å². The molecule has 3 saturated carbocycles. The van der Waals surface area contributed by atoms with Crippen LogP contribution in [0, 0.1) is 30.6 Å². The molecule has 0 bridgehead atoms. The van der Waals surface area contributed by atoms with Crippen molar-refractivity contribution in [1.29, 1.82) is 5.26 Å². The molecule has 5 rings (SSSR count). The molecule has 3 aliphatic rings. The van der Waals surface area contributed by atoms with Crippen molar-refractivity contribution in [3.8, 4) is 17.8 Å². The fraction of sp³-hybridized carbons (Fsp3) is 0.586. The number of rotatable bonds is 6. The highest BCUT2D eigenvalue weighted by Gasteiger charge is 2.47. The van der Waals surface area contributed by atoms with Crippen molar-refractivity contribution in [2.75, 3.05) is 0 Å². The first-order chi connectivity index (χ1) is 17.8. The van der Waals surface area contributed by atoms with Gasteiger partial charge in [0.15, 0.2) is 0 Å². The Hall–Kier alpha value is -3.18. The van der Waals surface area contributed by atoms with Gasteiger partial charge in [0, 0.05) is 18.4 Å². The van der Waals surface area contributed by atoms with E-state index in [1.54, 1.807) is 0 Å². The van der Waals surface area contributed by atoms with Gasteiger partial charge >= 0.3 is 6.01 Å². The predicted molar refractivity (Wildman–Crippen MR) is 137 cm³/mol. The zero-order valence-corrected chi connectivity index (χ0v) is 21.7. The summed E-state index contributed by atoms with van der Waals surface area (Å²) in [6, 6.07) is 6.32. The third-order valence-corrected chi connectivity index (χ3v) is 8.66. The van der Waals surface area contributed by atoms with Crippen LogP contribution in [0.3, 0.4) is 0 Å². The first kappa shape index (κ1) is 25.5. The molecule has 1 heterocycles. The van der Waals surface area contributed by atoms with Gasteiger partial charge in [-0.2, -0.15) is 5.26 Å². The normalized spacial score (nSPS) is 29.1. The molecule has 1 aromatic heterocycles. The second kappa shape index (κ2) is 10.7. The van der Waals surface area contributed by atoms with Gasteiger partial charge in [-0.1, -0.05) is 0 Å². The summed E-state index contributed by atoms with van der Waals surface area (Å²) in [5, 5.41) is 22.0. The highest BCUT2D eigenvalue weighted by Crippen LogP contribution is 2.52. The molecule has 0 saturated heterocycles. The first-order valence-corrected chi connectivity index (χ1v) is 13.5. The Morgan fingerprint density at radius 2 is 1.68 bits per heavy atom. The molecular formula is C29H36N4O4. The van der Waals surface area contributed by atoms with Crippen molar-refractivity contribution in [1.82, 2.24) is 15.3 Å². The molecule has 0 radical (unpaired) electrons. The number of benzene rings is 1. The van der Waals surface area contributed by atoms with Crippen LogP contribution in [0.1, 0.15) is 91.3 Å². The third kappa shape index (κ3) is 5.72. The molecule has 1 amide bonds. The molecule has 2 N–H and O–H groups in total. The van der Waals surface area contributed by atoms with Crippen LogP contribution in [-0.4, -0.2) is 45.3 Å². The number of aromatic nitrogens is 2. The minimum absolute atomic E-state index is 0.0900. The van der Waals surface area contributed by atoms with Crippen LogP contribution >= 0.6 is 0 Å². The van der Waals surface area contributed by atoms with Crippen molar-refractivity contribution in [3.05, 3.63) is 46.8 Å². The van der Waals surface area contributed by atoms with Crippen LogP contribution in [0.5, 0.6) is 11.8 Å². The molecule has 37 heavy (non-hydrogen) atoms. The number of nitriles is 1. The summed E-state index contributed by atoms with van der Waals surface area (Å²) in [6.07, 6.45) is 12.4. The number of aliphatic hydroxyl groups is 1. The molecule has 0 aliphatic heterocycles. The van der Waals surface area contributed by atoms with Crippen molar-refractivity contribution in [3.63, 3.8) is 0 Å². The monoisotopic (exact) mass is 504 g/mol. The summed E-state index contributed by atoms with van der Waals surface area (Å²) in [5.41, 5.74) is 3.40. The summed E-state index contributed by atoms with van der Waals surface area (Å²) in [5.74, 6) is 0.663. The Balaban J connectivity index is 1.06. The Bertz CT molecular complexity index is 1150. The van der Waals surface area contributed by atoms with Gasteiger partial charge in [-0.25, -0.2) is 9.97 Å². The lowest BCUT2D eigenvalue weighted by atomic mass is 9.59. The van der Waals surface area contributed by atoms with Crippen LogP contribution in [-0.2, 0) is 0 Å². The van der Waals surface area contributed by atoms with Gasteiger partial charge in [-0.3, -0.25) is 4.79 Å². The average Bonchev–Trinajstić information content (AvgIpc) is 2.89. The van der Waals surface area contributed by atoms with Gasteiger partial charge < -0.3 is 19.9 Å². The standard InChI is InChI=1S/C29H36N4O4/c1-18-19(2)26(8-3-20(18)15-30)36-24-6-4-22(5-7-24)33-27(35)21-16-31-28(32-17-21)37-25-13-29(14-25)11-9-23(34)10-12-29/h3,8,16-17,22-25,34H,4-7,9-14H2,1-2H3,(H,33,35). The first-order valence-electron chi connectivity index (χ1n) is 13.5. The van der Waals surface area contributed by atoms with Gasteiger partial charge in [-0.15, -0.1) is 0 Å². The summed E-state index contributed by atoms with van der Waals surface area (Å²) < 4.78 is 12.2. The van der Waals surface area contributed by atoms with Crippen molar-refractivity contribution in [2.24, 2.45) is 5.41 Å². The van der Waals surface area contributed by atoms with E-state index in [1.807, 2.05) is 26.0 Å². The number of carbonyl (C=O) groups is 1. The number of nitrogens with one attached hydrogen (secondary N) is 1. The van der Waals surface area contributed by atoms with E-state index >= 15 is 0 Å². The van der Waals surface area contributed by atoms with Crippen LogP contribution < -0.4 is 14.8 Å². The number of nitrogens with zero attached hydrogens (tertiary/aromatic N) is 3. The number of carbonyl (C=O) groups excluding carboxylic acids is 1. The lowest BCUT2D eigenvalue weighted by Crippen LogP contribution is -2.47. The maximum atomic E-state index is 12.7. The van der Waals surface area contributed by atoms with E-state index in [0.717, 1.165) is 81.1 Å². The van der Waals surface area contributed by atoms with Gasteiger partial charge in [0.25, 0.3) is 5.91 Å². The molecule has 3 fully saturated rings. The van der Waals surface area contributed by atoms with Crippen LogP contribution in [0.2, 0.25) is 0 Å². The molecule has 196 valence electrons. The van der Waals surface area contributed by atoms with Crippen LogP contribution in [0.15, 0.2) is 24.5 Å². The number of ether oxygens (including phenoxy) is 2. The lowest BCUT2D eigenvalue weighted by Gasteiger charge is -2.50. The zero-order chi connectivity index (χ0) is 26.0. The van der Waals surface area contributed by atoms with E-state index in [2.05, 4.69) is 21.4 Å². The SMILES string of the molecule is Cc1c(C#N)ccc(OC2CCC(NC(=O)c3cnc(OC4CC5(CCC(O)CC5)C4)nc3)CC2)c1C. The largest absolute Gasteiger partial charge is 0.490 e. The highest BCUT2D eigenvalue weighted by atomic mass is 16.5. The minimum Gasteiger partial charge on any atom is -0.490 e. The Kier molecular flexibility index (Phi) is 7.34. The fourth-order valence-corrected chi connectivity index (χ4v) is 6.07. The maximum absolute atomic E-state index is 12.7. The lowest BCUT2D eigenvalue weighted by molar-refractivity contribution is -0.0645. The fourth-order valence-electron chi connectivity index (χ4n) is 6.07. The van der Waals surface area contributed by atoms with Crippen molar-refractivity contribution < 1.29 is 19.4 Å². The molecule has 8 nitrogen and oxygen atoms in total. The third-order valence-electron chi connectivity index (χ3n) is 8.66. The van der Waals surface area contributed by atoms with E-state index < -0.39 is 0 Å². The molecule has 0 atom stereocenters. The van der Waals surface area contributed by atoms with Crippen LogP contribution in [0.25, 0.3) is 0 Å². The van der Waals surface area contributed by atoms with Crippen LogP contribution in [0.4, 0.5) is 0 Å². The summed E-state index contributed by atoms with van der Waals surface area (Å²) >= 11 is 0. The Labute approximate surface area is 218 Å². The van der Waals surface area contributed by atoms with Gasteiger partial charge in [0.2, 0.25) is 0 Å². The van der Waals surface area contributed by atoms with Gasteiger partial charge in [0.05, 0.1) is 29.4 Å². The molecule has 8 heteroatoms. The number of amides is 1. The molecule has 1 aromatic carbocycles. The molecule has 0 unspecified atom stereocenters. The molecule has 3 aliphatic carbocycles. The van der Waals surface area contributed by atoms with E-state index in [1.165, 1.54) is 12.4 Å². The van der Waals surface area contributed by atoms with E-state index in [0.29, 0.717) is 22.6 Å². The zero-order valence-electron chi connectivity index (χ0n) is 21.7. The number of aliphatic hydroxyl groups excluding tert-OH is 1. The summed E-state index contributed by atoms with van der Waals surface area (Å²) in [7, 11) is 0.